The molecule has 0 radical (unpaired) electrons. The summed E-state index contributed by atoms with van der Waals surface area (Å²) in [7, 11) is 0. The third-order valence-corrected chi connectivity index (χ3v) is 3.99. The van der Waals surface area contributed by atoms with Crippen molar-refractivity contribution in [2.75, 3.05) is 5.32 Å². The number of nitrogens with zero attached hydrogens (tertiary/aromatic N) is 1. The fourth-order valence-electron chi connectivity index (χ4n) is 1.94. The van der Waals surface area contributed by atoms with Crippen molar-refractivity contribution in [1.29, 1.82) is 0 Å². The number of aryl methyl sites for hydroxylation is 1. The number of anilines is 1. The van der Waals surface area contributed by atoms with E-state index in [0.29, 0.717) is 9.13 Å². The van der Waals surface area contributed by atoms with Crippen LogP contribution in [0.5, 0.6) is 0 Å². The minimum atomic E-state index is -0.507. The first-order valence-corrected chi connectivity index (χ1v) is 7.44. The van der Waals surface area contributed by atoms with E-state index >= 15 is 0 Å². The van der Waals surface area contributed by atoms with Gasteiger partial charge in [-0.15, -0.1) is 0 Å². The molecule has 0 aliphatic rings. The highest BCUT2D eigenvalue weighted by Crippen LogP contribution is 2.22. The Labute approximate surface area is 135 Å². The first-order chi connectivity index (χ1) is 10.0. The Bertz CT molecular complexity index is 701. The van der Waals surface area contributed by atoms with Gasteiger partial charge in [-0.25, -0.2) is 0 Å². The van der Waals surface area contributed by atoms with E-state index in [2.05, 4.69) is 5.32 Å². The van der Waals surface area contributed by atoms with Gasteiger partial charge in [-0.2, -0.15) is 0 Å². The van der Waals surface area contributed by atoms with Gasteiger partial charge >= 0.3 is 0 Å². The Morgan fingerprint density at radius 1 is 1.29 bits per heavy atom. The Morgan fingerprint density at radius 2 is 2.00 bits per heavy atom. The standard InChI is InChI=1S/C15H13IN2O3/c1-2-10-5-3-4-6-14(10)17-15(19)12-9-11(18(20)21)7-8-13(12)16/h3-9H,2H2,1H3,(H,17,19). The van der Waals surface area contributed by atoms with E-state index in [1.165, 1.54) is 12.1 Å². The van der Waals surface area contributed by atoms with Crippen LogP contribution >= 0.6 is 22.6 Å². The van der Waals surface area contributed by atoms with Crippen molar-refractivity contribution in [3.05, 3.63) is 67.3 Å². The van der Waals surface area contributed by atoms with Gasteiger partial charge in [0.25, 0.3) is 11.6 Å². The third kappa shape index (κ3) is 3.57. The van der Waals surface area contributed by atoms with Gasteiger partial charge in [0, 0.05) is 21.4 Å². The molecule has 0 heterocycles. The highest BCUT2D eigenvalue weighted by Gasteiger charge is 2.16. The van der Waals surface area contributed by atoms with Crippen molar-refractivity contribution < 1.29 is 9.72 Å². The van der Waals surface area contributed by atoms with Crippen LogP contribution in [0.1, 0.15) is 22.8 Å². The molecule has 0 aromatic heterocycles. The number of amides is 1. The molecule has 108 valence electrons. The molecule has 2 aromatic carbocycles. The molecule has 5 nitrogen and oxygen atoms in total. The molecule has 1 N–H and O–H groups in total. The van der Waals surface area contributed by atoms with Crippen LogP contribution in [0.25, 0.3) is 0 Å². The highest BCUT2D eigenvalue weighted by atomic mass is 127. The monoisotopic (exact) mass is 396 g/mol. The number of carbonyl (C=O) groups excluding carboxylic acids is 1. The molecule has 1 amide bonds. The van der Waals surface area contributed by atoms with E-state index < -0.39 is 4.92 Å². The molecule has 0 spiro atoms. The summed E-state index contributed by atoms with van der Waals surface area (Å²) in [5.41, 5.74) is 1.96. The van der Waals surface area contributed by atoms with Crippen molar-refractivity contribution in [3.63, 3.8) is 0 Å². The van der Waals surface area contributed by atoms with Gasteiger partial charge in [-0.05, 0) is 46.7 Å². The SMILES string of the molecule is CCc1ccccc1NC(=O)c1cc([N+](=O)[O-])ccc1I. The molecule has 0 saturated carbocycles. The lowest BCUT2D eigenvalue weighted by Gasteiger charge is -2.10. The summed E-state index contributed by atoms with van der Waals surface area (Å²) in [4.78, 5) is 22.6. The number of para-hydroxylation sites is 1. The maximum atomic E-state index is 12.3. The second kappa shape index (κ2) is 6.66. The Morgan fingerprint density at radius 3 is 2.67 bits per heavy atom. The predicted octanol–water partition coefficient (Wildman–Crippen LogP) is 4.01. The zero-order valence-electron chi connectivity index (χ0n) is 11.3. The maximum Gasteiger partial charge on any atom is 0.270 e. The first kappa shape index (κ1) is 15.4. The summed E-state index contributed by atoms with van der Waals surface area (Å²) < 4.78 is 0.671. The molecule has 0 aliphatic heterocycles. The van der Waals surface area contributed by atoms with Crippen molar-refractivity contribution in [2.45, 2.75) is 13.3 Å². The summed E-state index contributed by atoms with van der Waals surface area (Å²) in [5.74, 6) is -0.344. The summed E-state index contributed by atoms with van der Waals surface area (Å²) in [6.45, 7) is 2.00. The van der Waals surface area contributed by atoms with Crippen molar-refractivity contribution in [1.82, 2.24) is 0 Å². The number of hydrogen-bond acceptors (Lipinski definition) is 3. The first-order valence-electron chi connectivity index (χ1n) is 6.36. The lowest BCUT2D eigenvalue weighted by atomic mass is 10.1. The summed E-state index contributed by atoms with van der Waals surface area (Å²) in [6.07, 6.45) is 0.794. The minimum Gasteiger partial charge on any atom is -0.322 e. The quantitative estimate of drug-likeness (QED) is 0.482. The average molecular weight is 396 g/mol. The Kier molecular flexibility index (Phi) is 4.89. The van der Waals surface area contributed by atoms with E-state index in [9.17, 15) is 14.9 Å². The lowest BCUT2D eigenvalue weighted by Crippen LogP contribution is -2.15. The number of carbonyl (C=O) groups is 1. The van der Waals surface area contributed by atoms with Gasteiger partial charge in [0.1, 0.15) is 0 Å². The van der Waals surface area contributed by atoms with Gasteiger partial charge < -0.3 is 5.32 Å². The molecule has 0 aliphatic carbocycles. The Hall–Kier alpha value is -1.96. The van der Waals surface area contributed by atoms with Crippen LogP contribution in [-0.4, -0.2) is 10.8 Å². The van der Waals surface area contributed by atoms with Crippen LogP contribution < -0.4 is 5.32 Å². The van der Waals surface area contributed by atoms with Gasteiger partial charge in [-0.3, -0.25) is 14.9 Å². The minimum absolute atomic E-state index is 0.0932. The molecule has 21 heavy (non-hydrogen) atoms. The Balaban J connectivity index is 2.32. The van der Waals surface area contributed by atoms with Gasteiger partial charge in [-0.1, -0.05) is 25.1 Å². The van der Waals surface area contributed by atoms with Crippen LogP contribution in [0.4, 0.5) is 11.4 Å². The molecule has 0 atom stereocenters. The van der Waals surface area contributed by atoms with E-state index in [1.54, 1.807) is 6.07 Å². The number of rotatable bonds is 4. The van der Waals surface area contributed by atoms with Crippen molar-refractivity contribution in [3.8, 4) is 0 Å². The molecule has 2 rings (SSSR count). The lowest BCUT2D eigenvalue weighted by molar-refractivity contribution is -0.384. The van der Waals surface area contributed by atoms with E-state index in [1.807, 2.05) is 53.8 Å². The smallest absolute Gasteiger partial charge is 0.270 e. The number of nitro benzene ring substituents is 1. The van der Waals surface area contributed by atoms with Gasteiger partial charge in [0.2, 0.25) is 0 Å². The molecule has 0 saturated heterocycles. The van der Waals surface area contributed by atoms with E-state index in [0.717, 1.165) is 17.7 Å². The van der Waals surface area contributed by atoms with Crippen LogP contribution in [0.15, 0.2) is 42.5 Å². The van der Waals surface area contributed by atoms with Crippen LogP contribution in [0.3, 0.4) is 0 Å². The summed E-state index contributed by atoms with van der Waals surface area (Å²) in [6, 6.07) is 11.8. The zero-order valence-corrected chi connectivity index (χ0v) is 13.5. The fourth-order valence-corrected chi connectivity index (χ4v) is 2.52. The maximum absolute atomic E-state index is 12.3. The second-order valence-corrected chi connectivity index (χ2v) is 5.55. The fraction of sp³-hybridized carbons (Fsp3) is 0.133. The molecular weight excluding hydrogens is 383 g/mol. The number of nitrogens with one attached hydrogen (secondary N) is 1. The van der Waals surface area contributed by atoms with Gasteiger partial charge in [0.05, 0.1) is 10.5 Å². The number of benzene rings is 2. The summed E-state index contributed by atoms with van der Waals surface area (Å²) >= 11 is 1.99. The van der Waals surface area contributed by atoms with E-state index in [-0.39, 0.29) is 11.6 Å². The normalized spacial score (nSPS) is 10.2. The van der Waals surface area contributed by atoms with Crippen molar-refractivity contribution >= 4 is 39.9 Å². The molecule has 2 aromatic rings. The predicted molar refractivity (Wildman–Crippen MR) is 89.6 cm³/mol. The van der Waals surface area contributed by atoms with Crippen molar-refractivity contribution in [2.24, 2.45) is 0 Å². The van der Waals surface area contributed by atoms with Crippen LogP contribution in [0, 0.1) is 13.7 Å². The third-order valence-electron chi connectivity index (χ3n) is 3.05. The van der Waals surface area contributed by atoms with E-state index in [4.69, 9.17) is 0 Å². The summed E-state index contributed by atoms with van der Waals surface area (Å²) in [5, 5.41) is 13.6. The van der Waals surface area contributed by atoms with Crippen LogP contribution in [0.2, 0.25) is 0 Å². The number of halogens is 1. The molecule has 0 unspecified atom stereocenters. The van der Waals surface area contributed by atoms with Gasteiger partial charge in [0.15, 0.2) is 0 Å². The second-order valence-electron chi connectivity index (χ2n) is 4.39. The number of hydrogen-bond donors (Lipinski definition) is 1. The number of non-ortho nitro benzene ring substituents is 1. The van der Waals surface area contributed by atoms with Crippen LogP contribution in [-0.2, 0) is 6.42 Å². The molecular formula is C15H13IN2O3. The molecule has 0 fully saturated rings. The average Bonchev–Trinajstić information content (AvgIpc) is 2.47. The topological polar surface area (TPSA) is 72.2 Å². The molecule has 6 heteroatoms. The zero-order chi connectivity index (χ0) is 15.4. The number of nitro groups is 1. The molecule has 0 bridgehead atoms. The largest absolute Gasteiger partial charge is 0.322 e. The highest BCUT2D eigenvalue weighted by molar-refractivity contribution is 14.1.